The van der Waals surface area contributed by atoms with Crippen LogP contribution >= 0.6 is 23.2 Å². The number of hydrogen-bond acceptors (Lipinski definition) is 4. The molecule has 1 aromatic rings. The predicted octanol–water partition coefficient (Wildman–Crippen LogP) is 2.35. The maximum atomic E-state index is 11.5. The molecule has 1 saturated carbocycles. The van der Waals surface area contributed by atoms with Crippen molar-refractivity contribution < 1.29 is 9.53 Å². The van der Waals surface area contributed by atoms with E-state index in [-0.39, 0.29) is 15.9 Å². The molecule has 0 spiro atoms. The van der Waals surface area contributed by atoms with Gasteiger partial charge in [-0.1, -0.05) is 23.2 Å². The summed E-state index contributed by atoms with van der Waals surface area (Å²) in [6.45, 7) is 0.440. The highest BCUT2D eigenvalue weighted by Gasteiger charge is 2.24. The molecule has 0 saturated heterocycles. The Hall–Kier alpha value is -0.870. The van der Waals surface area contributed by atoms with E-state index in [1.54, 1.807) is 0 Å². The lowest BCUT2D eigenvalue weighted by Gasteiger charge is -2.04. The summed E-state index contributed by atoms with van der Waals surface area (Å²) in [5.74, 6) is 0.0155. The van der Waals surface area contributed by atoms with E-state index in [2.05, 4.69) is 10.2 Å². The third kappa shape index (κ3) is 2.79. The lowest BCUT2D eigenvalue weighted by molar-refractivity contribution is 0.0485. The van der Waals surface area contributed by atoms with Gasteiger partial charge >= 0.3 is 5.97 Å². The monoisotopic (exact) mass is 246 g/mol. The van der Waals surface area contributed by atoms with E-state index in [4.69, 9.17) is 27.9 Å². The van der Waals surface area contributed by atoms with Crippen LogP contribution in [0.2, 0.25) is 10.3 Å². The standard InChI is InChI=1S/C9H8Cl2N2O2/c10-7-3-6(8(11)13-12-7)9(14)15-4-5-1-2-5/h3,5H,1-2,4H2. The largest absolute Gasteiger partial charge is 0.462 e. The van der Waals surface area contributed by atoms with Crippen LogP contribution in [-0.4, -0.2) is 22.8 Å². The molecular weight excluding hydrogens is 239 g/mol. The van der Waals surface area contributed by atoms with Crippen LogP contribution < -0.4 is 0 Å². The highest BCUT2D eigenvalue weighted by Crippen LogP contribution is 2.29. The van der Waals surface area contributed by atoms with Crippen LogP contribution in [0.25, 0.3) is 0 Å². The van der Waals surface area contributed by atoms with Gasteiger partial charge in [0.05, 0.1) is 6.61 Å². The van der Waals surface area contributed by atoms with Crippen molar-refractivity contribution in [3.05, 3.63) is 21.9 Å². The molecule has 0 atom stereocenters. The van der Waals surface area contributed by atoms with E-state index in [9.17, 15) is 4.79 Å². The number of esters is 1. The maximum absolute atomic E-state index is 11.5. The summed E-state index contributed by atoms with van der Waals surface area (Å²) in [5.41, 5.74) is 0.164. The fourth-order valence-corrected chi connectivity index (χ4v) is 1.37. The Morgan fingerprint density at radius 3 is 2.87 bits per heavy atom. The molecule has 0 bridgehead atoms. The Morgan fingerprint density at radius 2 is 2.20 bits per heavy atom. The first-order valence-electron chi connectivity index (χ1n) is 4.52. The van der Waals surface area contributed by atoms with Gasteiger partial charge in [0.2, 0.25) is 0 Å². The molecule has 15 heavy (non-hydrogen) atoms. The number of nitrogens with zero attached hydrogens (tertiary/aromatic N) is 2. The quantitative estimate of drug-likeness (QED) is 0.769. The second-order valence-corrected chi connectivity index (χ2v) is 4.16. The zero-order valence-corrected chi connectivity index (χ0v) is 9.25. The molecule has 0 N–H and O–H groups in total. The molecule has 2 rings (SSSR count). The van der Waals surface area contributed by atoms with Gasteiger partial charge in [-0.15, -0.1) is 10.2 Å². The SMILES string of the molecule is O=C(OCC1CC1)c1cc(Cl)nnc1Cl. The van der Waals surface area contributed by atoms with Crippen LogP contribution in [0.1, 0.15) is 23.2 Å². The van der Waals surface area contributed by atoms with E-state index < -0.39 is 5.97 Å². The Morgan fingerprint density at radius 1 is 1.47 bits per heavy atom. The number of hydrogen-bond donors (Lipinski definition) is 0. The second kappa shape index (κ2) is 4.33. The average molecular weight is 247 g/mol. The summed E-state index contributed by atoms with van der Waals surface area (Å²) < 4.78 is 5.04. The molecule has 4 nitrogen and oxygen atoms in total. The van der Waals surface area contributed by atoms with Gasteiger partial charge in [-0.3, -0.25) is 0 Å². The van der Waals surface area contributed by atoms with E-state index in [0.717, 1.165) is 12.8 Å². The number of carbonyl (C=O) groups is 1. The van der Waals surface area contributed by atoms with E-state index in [0.29, 0.717) is 12.5 Å². The van der Waals surface area contributed by atoms with Gasteiger partial charge in [-0.05, 0) is 24.8 Å². The first kappa shape index (κ1) is 10.6. The molecule has 0 aromatic carbocycles. The number of ether oxygens (including phenoxy) is 1. The summed E-state index contributed by atoms with van der Waals surface area (Å²) >= 11 is 11.3. The van der Waals surface area contributed by atoms with Gasteiger partial charge < -0.3 is 4.74 Å². The van der Waals surface area contributed by atoms with Gasteiger partial charge in [-0.25, -0.2) is 4.79 Å². The zero-order chi connectivity index (χ0) is 10.8. The van der Waals surface area contributed by atoms with Crippen molar-refractivity contribution in [1.82, 2.24) is 10.2 Å². The van der Waals surface area contributed by atoms with Crippen molar-refractivity contribution in [2.24, 2.45) is 5.92 Å². The molecule has 0 aliphatic heterocycles. The van der Waals surface area contributed by atoms with E-state index >= 15 is 0 Å². The number of carbonyl (C=O) groups excluding carboxylic acids is 1. The lowest BCUT2D eigenvalue weighted by atomic mass is 10.3. The molecule has 0 unspecified atom stereocenters. The topological polar surface area (TPSA) is 52.1 Å². The highest BCUT2D eigenvalue weighted by molar-refractivity contribution is 6.33. The second-order valence-electron chi connectivity index (χ2n) is 3.41. The smallest absolute Gasteiger partial charge is 0.341 e. The molecule has 1 aliphatic carbocycles. The minimum absolute atomic E-state index is 0.0141. The van der Waals surface area contributed by atoms with Crippen LogP contribution in [0.3, 0.4) is 0 Å². The summed E-state index contributed by atoms with van der Waals surface area (Å²) in [5, 5.41) is 7.17. The molecule has 1 aliphatic rings. The van der Waals surface area contributed by atoms with Gasteiger partial charge in [0.1, 0.15) is 5.56 Å². The number of aromatic nitrogens is 2. The van der Waals surface area contributed by atoms with Gasteiger partial charge in [0.25, 0.3) is 0 Å². The molecule has 0 amide bonds. The molecule has 1 heterocycles. The first-order valence-corrected chi connectivity index (χ1v) is 5.28. The Balaban J connectivity index is 2.05. The average Bonchev–Trinajstić information content (AvgIpc) is 3.02. The maximum Gasteiger partial charge on any atom is 0.341 e. The van der Waals surface area contributed by atoms with E-state index in [1.165, 1.54) is 6.07 Å². The number of halogens is 2. The van der Waals surface area contributed by atoms with Crippen molar-refractivity contribution in [2.75, 3.05) is 6.61 Å². The van der Waals surface area contributed by atoms with Crippen LogP contribution in [0, 0.1) is 5.92 Å². The highest BCUT2D eigenvalue weighted by atomic mass is 35.5. The number of rotatable bonds is 3. The predicted molar refractivity (Wildman–Crippen MR) is 55.1 cm³/mol. The third-order valence-electron chi connectivity index (χ3n) is 2.09. The third-order valence-corrected chi connectivity index (χ3v) is 2.55. The summed E-state index contributed by atoms with van der Waals surface area (Å²) in [7, 11) is 0. The Kier molecular flexibility index (Phi) is 3.07. The van der Waals surface area contributed by atoms with Gasteiger partial charge in [0, 0.05) is 0 Å². The Bertz CT molecular complexity index is 394. The summed E-state index contributed by atoms with van der Waals surface area (Å²) in [6.07, 6.45) is 2.24. The molecule has 0 radical (unpaired) electrons. The van der Waals surface area contributed by atoms with Crippen molar-refractivity contribution in [2.45, 2.75) is 12.8 Å². The minimum atomic E-state index is -0.497. The fourth-order valence-electron chi connectivity index (χ4n) is 1.05. The minimum Gasteiger partial charge on any atom is -0.462 e. The summed E-state index contributed by atoms with van der Waals surface area (Å²) in [6, 6.07) is 1.35. The summed E-state index contributed by atoms with van der Waals surface area (Å²) in [4.78, 5) is 11.5. The van der Waals surface area contributed by atoms with Crippen molar-refractivity contribution >= 4 is 29.2 Å². The zero-order valence-electron chi connectivity index (χ0n) is 7.74. The van der Waals surface area contributed by atoms with Crippen LogP contribution in [-0.2, 0) is 4.74 Å². The molecule has 1 aromatic heterocycles. The van der Waals surface area contributed by atoms with Crippen LogP contribution in [0.4, 0.5) is 0 Å². The molecule has 80 valence electrons. The van der Waals surface area contributed by atoms with Gasteiger partial charge in [-0.2, -0.15) is 0 Å². The van der Waals surface area contributed by atoms with Crippen molar-refractivity contribution in [1.29, 1.82) is 0 Å². The van der Waals surface area contributed by atoms with Gasteiger partial charge in [0.15, 0.2) is 10.3 Å². The van der Waals surface area contributed by atoms with Crippen molar-refractivity contribution in [3.8, 4) is 0 Å². The fraction of sp³-hybridized carbons (Fsp3) is 0.444. The lowest BCUT2D eigenvalue weighted by Crippen LogP contribution is -2.09. The first-order chi connectivity index (χ1) is 7.16. The molecule has 1 fully saturated rings. The van der Waals surface area contributed by atoms with E-state index in [1.807, 2.05) is 0 Å². The molecule has 6 heteroatoms. The van der Waals surface area contributed by atoms with Crippen LogP contribution in [0.5, 0.6) is 0 Å². The molecular formula is C9H8Cl2N2O2. The normalized spacial score (nSPS) is 15.1. The van der Waals surface area contributed by atoms with Crippen LogP contribution in [0.15, 0.2) is 6.07 Å². The Labute approximate surface area is 96.5 Å². The van der Waals surface area contributed by atoms with Crippen molar-refractivity contribution in [3.63, 3.8) is 0 Å².